The van der Waals surface area contributed by atoms with Crippen LogP contribution < -0.4 is 10.6 Å². The number of anilines is 1. The molecule has 1 saturated heterocycles. The van der Waals surface area contributed by atoms with E-state index in [-0.39, 0.29) is 18.2 Å². The van der Waals surface area contributed by atoms with Crippen molar-refractivity contribution in [3.05, 3.63) is 34.1 Å². The summed E-state index contributed by atoms with van der Waals surface area (Å²) in [5, 5.41) is 15.9. The molecule has 1 amide bonds. The zero-order chi connectivity index (χ0) is 13.8. The first-order chi connectivity index (χ1) is 9.08. The van der Waals surface area contributed by atoms with E-state index >= 15 is 0 Å². The lowest BCUT2D eigenvalue weighted by atomic mass is 10.2. The average Bonchev–Trinajstić information content (AvgIpc) is 2.39. The van der Waals surface area contributed by atoms with Crippen LogP contribution in [0.2, 0.25) is 0 Å². The minimum absolute atomic E-state index is 0.167. The maximum atomic E-state index is 13.4. The van der Waals surface area contributed by atoms with Crippen molar-refractivity contribution in [3.8, 4) is 0 Å². The summed E-state index contributed by atoms with van der Waals surface area (Å²) in [6.45, 7) is 1.34. The van der Waals surface area contributed by atoms with Gasteiger partial charge in [-0.25, -0.2) is 0 Å². The van der Waals surface area contributed by atoms with Gasteiger partial charge in [0.1, 0.15) is 6.04 Å². The predicted octanol–water partition coefficient (Wildman–Crippen LogP) is 0.661. The number of ether oxygens (including phenoxy) is 1. The molecule has 1 unspecified atom stereocenters. The topological polar surface area (TPSA) is 93.5 Å². The molecule has 1 heterocycles. The van der Waals surface area contributed by atoms with E-state index in [4.69, 9.17) is 4.74 Å². The Morgan fingerprint density at radius 1 is 1.58 bits per heavy atom. The number of nitro benzene ring substituents is 1. The Kier molecular flexibility index (Phi) is 4.03. The Morgan fingerprint density at radius 3 is 2.95 bits per heavy atom. The molecular weight excluding hydrogens is 257 g/mol. The molecule has 0 aromatic heterocycles. The lowest BCUT2D eigenvalue weighted by molar-refractivity contribution is -0.387. The van der Waals surface area contributed by atoms with Crippen LogP contribution in [-0.2, 0) is 9.53 Å². The van der Waals surface area contributed by atoms with E-state index in [9.17, 15) is 19.3 Å². The molecule has 0 aliphatic carbocycles. The number of rotatable bonds is 3. The molecule has 8 heteroatoms. The highest BCUT2D eigenvalue weighted by Gasteiger charge is 2.22. The third kappa shape index (κ3) is 3.24. The fourth-order valence-electron chi connectivity index (χ4n) is 1.70. The number of hydrogen-bond acceptors (Lipinski definition) is 5. The predicted molar refractivity (Wildman–Crippen MR) is 64.3 cm³/mol. The average molecular weight is 269 g/mol. The van der Waals surface area contributed by atoms with Crippen LogP contribution in [0, 0.1) is 15.9 Å². The van der Waals surface area contributed by atoms with Crippen LogP contribution in [0.4, 0.5) is 15.8 Å². The summed E-state index contributed by atoms with van der Waals surface area (Å²) in [6, 6.07) is 2.70. The number of morpholine rings is 1. The molecule has 1 aliphatic rings. The van der Waals surface area contributed by atoms with Gasteiger partial charge in [0.15, 0.2) is 0 Å². The van der Waals surface area contributed by atoms with Crippen molar-refractivity contribution in [1.82, 2.24) is 5.32 Å². The summed E-state index contributed by atoms with van der Waals surface area (Å²) in [4.78, 5) is 21.4. The van der Waals surface area contributed by atoms with Crippen molar-refractivity contribution < 1.29 is 18.8 Å². The fourth-order valence-corrected chi connectivity index (χ4v) is 1.70. The quantitative estimate of drug-likeness (QED) is 0.621. The van der Waals surface area contributed by atoms with Crippen LogP contribution in [0.25, 0.3) is 0 Å². The SMILES string of the molecule is O=C(Nc1ccc([N+](=O)[O-])c(F)c1)C1COCCN1. The van der Waals surface area contributed by atoms with Gasteiger partial charge in [-0.15, -0.1) is 0 Å². The molecule has 2 rings (SSSR count). The summed E-state index contributed by atoms with van der Waals surface area (Å²) < 4.78 is 18.5. The molecule has 19 heavy (non-hydrogen) atoms. The molecule has 2 N–H and O–H groups in total. The lowest BCUT2D eigenvalue weighted by Crippen LogP contribution is -2.48. The smallest absolute Gasteiger partial charge is 0.304 e. The van der Waals surface area contributed by atoms with E-state index in [1.807, 2.05) is 0 Å². The van der Waals surface area contributed by atoms with Crippen molar-refractivity contribution in [2.75, 3.05) is 25.1 Å². The van der Waals surface area contributed by atoms with Crippen LogP contribution in [0.5, 0.6) is 0 Å². The molecule has 1 aromatic carbocycles. The first-order valence-electron chi connectivity index (χ1n) is 5.64. The van der Waals surface area contributed by atoms with Crippen molar-refractivity contribution >= 4 is 17.3 Å². The zero-order valence-corrected chi connectivity index (χ0v) is 9.89. The summed E-state index contributed by atoms with van der Waals surface area (Å²) in [6.07, 6.45) is 0. The number of nitrogens with zero attached hydrogens (tertiary/aromatic N) is 1. The van der Waals surface area contributed by atoms with Gasteiger partial charge in [-0.1, -0.05) is 0 Å². The van der Waals surface area contributed by atoms with Crippen LogP contribution in [0.1, 0.15) is 0 Å². The van der Waals surface area contributed by atoms with Gasteiger partial charge < -0.3 is 15.4 Å². The zero-order valence-electron chi connectivity index (χ0n) is 9.89. The maximum absolute atomic E-state index is 13.4. The molecule has 1 atom stereocenters. The van der Waals surface area contributed by atoms with Gasteiger partial charge >= 0.3 is 5.69 Å². The summed E-state index contributed by atoms with van der Waals surface area (Å²) in [5.74, 6) is -1.36. The van der Waals surface area contributed by atoms with Gasteiger partial charge in [0.2, 0.25) is 11.7 Å². The summed E-state index contributed by atoms with van der Waals surface area (Å²) in [5.41, 5.74) is -0.461. The van der Waals surface area contributed by atoms with E-state index in [1.165, 1.54) is 6.07 Å². The Balaban J connectivity index is 2.04. The first-order valence-corrected chi connectivity index (χ1v) is 5.64. The Bertz CT molecular complexity index is 503. The van der Waals surface area contributed by atoms with Crippen LogP contribution in [0.15, 0.2) is 18.2 Å². The van der Waals surface area contributed by atoms with Gasteiger partial charge in [0, 0.05) is 24.4 Å². The summed E-state index contributed by atoms with van der Waals surface area (Å²) in [7, 11) is 0. The number of nitrogens with one attached hydrogen (secondary N) is 2. The van der Waals surface area contributed by atoms with E-state index in [0.717, 1.165) is 12.1 Å². The highest BCUT2D eigenvalue weighted by atomic mass is 19.1. The first kappa shape index (κ1) is 13.4. The highest BCUT2D eigenvalue weighted by molar-refractivity contribution is 5.95. The van der Waals surface area contributed by atoms with Gasteiger partial charge in [-0.2, -0.15) is 4.39 Å². The number of benzene rings is 1. The molecule has 0 spiro atoms. The molecule has 0 saturated carbocycles. The van der Waals surface area contributed by atoms with Crippen molar-refractivity contribution in [2.24, 2.45) is 0 Å². The molecule has 0 bridgehead atoms. The monoisotopic (exact) mass is 269 g/mol. The Morgan fingerprint density at radius 2 is 2.37 bits per heavy atom. The van der Waals surface area contributed by atoms with Gasteiger partial charge in [0.25, 0.3) is 0 Å². The number of amides is 1. The van der Waals surface area contributed by atoms with Crippen molar-refractivity contribution in [1.29, 1.82) is 0 Å². The minimum Gasteiger partial charge on any atom is -0.378 e. The molecule has 0 radical (unpaired) electrons. The van der Waals surface area contributed by atoms with Crippen LogP contribution in [-0.4, -0.2) is 36.6 Å². The van der Waals surface area contributed by atoms with Gasteiger partial charge in [-0.05, 0) is 6.07 Å². The number of hydrogen-bond donors (Lipinski definition) is 2. The van der Waals surface area contributed by atoms with E-state index < -0.39 is 22.5 Å². The van der Waals surface area contributed by atoms with Crippen molar-refractivity contribution in [2.45, 2.75) is 6.04 Å². The molecule has 102 valence electrons. The molecular formula is C11H12FN3O4. The second kappa shape index (κ2) is 5.72. The normalized spacial score (nSPS) is 18.9. The van der Waals surface area contributed by atoms with E-state index in [0.29, 0.717) is 13.2 Å². The number of carbonyl (C=O) groups excluding carboxylic acids is 1. The second-order valence-corrected chi connectivity index (χ2v) is 3.99. The Labute approximate surface area is 107 Å². The standard InChI is InChI=1S/C11H12FN3O4/c12-8-5-7(1-2-10(8)15(17)18)14-11(16)9-6-19-4-3-13-9/h1-2,5,9,13H,3-4,6H2,(H,14,16). The van der Waals surface area contributed by atoms with Crippen LogP contribution >= 0.6 is 0 Å². The van der Waals surface area contributed by atoms with Crippen LogP contribution in [0.3, 0.4) is 0 Å². The number of nitro groups is 1. The molecule has 1 aliphatic heterocycles. The molecule has 7 nitrogen and oxygen atoms in total. The largest absolute Gasteiger partial charge is 0.378 e. The number of halogens is 1. The minimum atomic E-state index is -0.990. The third-order valence-corrected chi connectivity index (χ3v) is 2.65. The molecule has 1 aromatic rings. The third-order valence-electron chi connectivity index (χ3n) is 2.65. The van der Waals surface area contributed by atoms with Gasteiger partial charge in [-0.3, -0.25) is 14.9 Å². The fraction of sp³-hybridized carbons (Fsp3) is 0.364. The van der Waals surface area contributed by atoms with E-state index in [1.54, 1.807) is 0 Å². The highest BCUT2D eigenvalue weighted by Crippen LogP contribution is 2.20. The number of carbonyl (C=O) groups is 1. The van der Waals surface area contributed by atoms with Crippen molar-refractivity contribution in [3.63, 3.8) is 0 Å². The maximum Gasteiger partial charge on any atom is 0.304 e. The second-order valence-electron chi connectivity index (χ2n) is 3.99. The van der Waals surface area contributed by atoms with E-state index in [2.05, 4.69) is 10.6 Å². The Hall–Kier alpha value is -2.06. The lowest BCUT2D eigenvalue weighted by Gasteiger charge is -2.22. The summed E-state index contributed by atoms with van der Waals surface area (Å²) >= 11 is 0. The van der Waals surface area contributed by atoms with Gasteiger partial charge in [0.05, 0.1) is 18.1 Å². The molecule has 1 fully saturated rings.